The fourth-order valence-electron chi connectivity index (χ4n) is 20.2. The van der Waals surface area contributed by atoms with Crippen LogP contribution in [0.5, 0.6) is 29.0 Å². The van der Waals surface area contributed by atoms with Gasteiger partial charge in [0.2, 0.25) is 41.6 Å². The molecule has 0 saturated carbocycles. The largest absolute Gasteiger partial charge is 0.495 e. The van der Waals surface area contributed by atoms with Crippen LogP contribution in [0.2, 0.25) is 5.02 Å². The molecule has 716 valence electrons. The number of nitrogens with zero attached hydrogens (tertiary/aromatic N) is 21. The van der Waals surface area contributed by atoms with Gasteiger partial charge in [-0.25, -0.2) is 19.8 Å². The zero-order valence-electron chi connectivity index (χ0n) is 77.8. The van der Waals surface area contributed by atoms with Crippen LogP contribution < -0.4 is 53.9 Å². The normalized spacial score (nSPS) is 18.4. The van der Waals surface area contributed by atoms with E-state index in [-0.39, 0.29) is 60.2 Å². The molecular formula is C99H106Br2ClN23O13. The molecule has 0 bridgehead atoms. The number of imidazole rings is 4. The number of rotatable bonds is 23. The second kappa shape index (κ2) is 39.6. The standard InChI is InChI=1S/C27H26BrN5O4.C26H26N6O3.C23H27BrN6O3.C23H27ClN6O3/c1-3-31-25(34)21-23(33-15-19(29-27(31)33)12-16-7-5-4-6-8-16)30-24(26(35)36-2)32(21)14-17-11-18-9-10-37-22(18)20(28)13-17;1-4-30-24(33)22-23(32-16-20(28-25(30)32)13-17-8-6-5-7-9-17)29-26(35-3)31(22)15-18-10-11-21(34-2)19(12-18)14-27;2*1-2-28-21(31)18-20(29-7-6-25-23(28)29)27-22(26-16-4-8-32-9-5-16)30(18)13-14-11-15-3-10-33-19(15)17(24)12-14/h4-8,11,13,19H,3,9-10,12,14-15H2,1-2H3;5-12,20H,4,13,15-16H2,1-3H3;2*11-12,16H,2-10,13H2,1H3,(H,26,27)/t19-;20-;;/m11../s1. The number of anilines is 6. The Bertz CT molecular complexity index is 6440. The molecule has 2 atom stereocenters. The number of carbonyl (C=O) groups is 5. The number of methoxy groups -OCH3 is 3. The number of ether oxygens (including phenoxy) is 8. The minimum Gasteiger partial charge on any atom is -0.495 e. The third-order valence-electron chi connectivity index (χ3n) is 26.7. The van der Waals surface area contributed by atoms with Gasteiger partial charge >= 0.3 is 5.97 Å². The molecule has 13 aliphatic rings. The number of amides is 4. The molecule has 0 unspecified atom stereocenters. The average Bonchev–Trinajstić information content (AvgIpc) is 1.60. The van der Waals surface area contributed by atoms with Gasteiger partial charge < -0.3 is 53.1 Å². The number of esters is 1. The number of hydrogen-bond acceptors (Lipinski definition) is 28. The maximum atomic E-state index is 13.8. The molecule has 138 heavy (non-hydrogen) atoms. The molecule has 0 radical (unpaired) electrons. The van der Waals surface area contributed by atoms with Crippen LogP contribution in [0.25, 0.3) is 0 Å². The second-order valence-electron chi connectivity index (χ2n) is 35.3. The Kier molecular flexibility index (Phi) is 26.5. The van der Waals surface area contributed by atoms with Gasteiger partial charge in [0, 0.05) is 97.0 Å². The Balaban J connectivity index is 0.000000114. The minimum absolute atomic E-state index is 0.0103. The van der Waals surface area contributed by atoms with E-state index < -0.39 is 5.97 Å². The Labute approximate surface area is 819 Å². The van der Waals surface area contributed by atoms with Crippen molar-refractivity contribution in [2.24, 2.45) is 20.0 Å². The first-order valence-corrected chi connectivity index (χ1v) is 49.1. The van der Waals surface area contributed by atoms with Crippen molar-refractivity contribution in [1.82, 2.24) is 57.8 Å². The van der Waals surface area contributed by atoms with Gasteiger partial charge in [-0.3, -0.25) is 82.1 Å². The van der Waals surface area contributed by atoms with Crippen molar-refractivity contribution in [3.63, 3.8) is 0 Å². The molecule has 0 spiro atoms. The summed E-state index contributed by atoms with van der Waals surface area (Å²) in [5.74, 6) is 8.55. The summed E-state index contributed by atoms with van der Waals surface area (Å²) in [5.41, 5.74) is 12.2. The predicted octanol–water partition coefficient (Wildman–Crippen LogP) is 12.4. The Morgan fingerprint density at radius 3 is 1.35 bits per heavy atom. The number of nitriles is 1. The van der Waals surface area contributed by atoms with Crippen LogP contribution >= 0.6 is 43.5 Å². The summed E-state index contributed by atoms with van der Waals surface area (Å²) in [6.07, 6.45) is 7.74. The highest BCUT2D eigenvalue weighted by Gasteiger charge is 2.49. The molecule has 10 aromatic rings. The summed E-state index contributed by atoms with van der Waals surface area (Å²) >= 11 is 13.8. The topological polar surface area (TPSA) is 354 Å². The SMILES string of the molecule is CCN1C(=O)c2c(nc(C(=O)OC)n2Cc2cc(Br)c3c(c2)CCO3)N2C[C@@H](Cc3ccccc3)N=C12.CCN1C(=O)c2c(nc(NC3CCOCC3)n2Cc2cc(Br)c3c(c2)CCO3)N2CCN=C12.CCN1C(=O)c2c(nc(NC3CCOCC3)n2Cc2cc(Cl)c3c(c2)CCO3)N2CCN=C12.CCN1C(=O)c2c(nc(OC)n2Cc2ccc(OC)c(C#N)c2)N2C[C@@H](Cc3ccccc3)N=C12. The van der Waals surface area contributed by atoms with E-state index in [2.05, 4.69) is 126 Å². The van der Waals surface area contributed by atoms with Crippen LogP contribution in [-0.2, 0) is 72.5 Å². The number of nitrogens with one attached hydrogen (secondary N) is 2. The van der Waals surface area contributed by atoms with Gasteiger partial charge in [-0.15, -0.1) is 0 Å². The third kappa shape index (κ3) is 17.5. The number of halogens is 3. The predicted molar refractivity (Wildman–Crippen MR) is 527 cm³/mol. The van der Waals surface area contributed by atoms with Crippen LogP contribution in [-0.4, -0.2) is 268 Å². The van der Waals surface area contributed by atoms with Crippen LogP contribution in [0.4, 0.5) is 35.2 Å². The fourth-order valence-corrected chi connectivity index (χ4v) is 21.8. The zero-order valence-corrected chi connectivity index (χ0v) is 81.8. The van der Waals surface area contributed by atoms with E-state index in [9.17, 15) is 29.2 Å². The minimum atomic E-state index is -0.590. The molecule has 23 rings (SSSR count). The van der Waals surface area contributed by atoms with E-state index in [1.54, 1.807) is 40.9 Å². The first-order valence-electron chi connectivity index (χ1n) is 47.2. The van der Waals surface area contributed by atoms with E-state index >= 15 is 0 Å². The Morgan fingerprint density at radius 1 is 0.471 bits per heavy atom. The smallest absolute Gasteiger partial charge is 0.374 e. The number of aromatic nitrogens is 8. The molecule has 2 N–H and O–H groups in total. The van der Waals surface area contributed by atoms with E-state index in [4.69, 9.17) is 74.4 Å². The number of fused-ring (bicyclic) bond motifs is 15. The molecular weight excluding hydrogens is 1910 g/mol. The molecule has 4 amide bonds. The summed E-state index contributed by atoms with van der Waals surface area (Å²) in [7, 11) is 4.39. The van der Waals surface area contributed by atoms with E-state index in [0.717, 1.165) is 169 Å². The molecule has 13 aliphatic heterocycles. The lowest BCUT2D eigenvalue weighted by Gasteiger charge is -2.33. The van der Waals surface area contributed by atoms with Crippen molar-refractivity contribution in [3.05, 3.63) is 213 Å². The summed E-state index contributed by atoms with van der Waals surface area (Å²) in [4.78, 5) is 121. The van der Waals surface area contributed by atoms with Crippen molar-refractivity contribution in [1.29, 1.82) is 5.26 Å². The highest BCUT2D eigenvalue weighted by atomic mass is 79.9. The molecule has 39 heteroatoms. The van der Waals surface area contributed by atoms with Gasteiger partial charge in [-0.05, 0) is 178 Å². The number of benzene rings is 6. The van der Waals surface area contributed by atoms with Crippen molar-refractivity contribution in [2.45, 2.75) is 136 Å². The summed E-state index contributed by atoms with van der Waals surface area (Å²) < 4.78 is 53.4. The maximum absolute atomic E-state index is 13.8. The van der Waals surface area contributed by atoms with E-state index in [1.807, 2.05) is 96.7 Å². The van der Waals surface area contributed by atoms with Gasteiger partial charge in [0.1, 0.15) is 29.1 Å². The number of carbonyl (C=O) groups excluding carboxylic acids is 5. The van der Waals surface area contributed by atoms with Gasteiger partial charge in [0.15, 0.2) is 46.0 Å². The highest BCUT2D eigenvalue weighted by molar-refractivity contribution is 9.11. The number of hydrogen-bond donors (Lipinski definition) is 2. The number of aliphatic imine (C=N–C) groups is 4. The lowest BCUT2D eigenvalue weighted by atomic mass is 10.1. The van der Waals surface area contributed by atoms with E-state index in [0.29, 0.717) is 184 Å². The van der Waals surface area contributed by atoms with Gasteiger partial charge in [-0.1, -0.05) is 96.5 Å². The zero-order chi connectivity index (χ0) is 95.3. The summed E-state index contributed by atoms with van der Waals surface area (Å²) in [6, 6.07) is 41.1. The first-order chi connectivity index (χ1) is 67.3. The third-order valence-corrected chi connectivity index (χ3v) is 28.2. The molecule has 17 heterocycles. The molecule has 36 nitrogen and oxygen atoms in total. The molecule has 4 aromatic heterocycles. The lowest BCUT2D eigenvalue weighted by molar-refractivity contribution is 0.0580. The van der Waals surface area contributed by atoms with Crippen molar-refractivity contribution in [3.8, 4) is 35.1 Å². The van der Waals surface area contributed by atoms with Gasteiger partial charge in [-0.2, -0.15) is 20.2 Å². The Hall–Kier alpha value is -13.4. The summed E-state index contributed by atoms with van der Waals surface area (Å²) in [6.45, 7) is 20.4. The molecule has 6 aromatic carbocycles. The van der Waals surface area contributed by atoms with Crippen molar-refractivity contribution in [2.75, 3.05) is 163 Å². The maximum Gasteiger partial charge on any atom is 0.374 e. The van der Waals surface area contributed by atoms with Crippen LogP contribution in [0.3, 0.4) is 0 Å². The van der Waals surface area contributed by atoms with Gasteiger partial charge in [0.05, 0.1) is 125 Å². The van der Waals surface area contributed by atoms with Crippen molar-refractivity contribution < 1.29 is 61.9 Å². The average molecular weight is 2020 g/mol. The summed E-state index contributed by atoms with van der Waals surface area (Å²) in [5, 5.41) is 17.3. The highest BCUT2D eigenvalue weighted by Crippen LogP contribution is 2.45. The first kappa shape index (κ1) is 92.4. The molecule has 0 aliphatic carbocycles. The quantitative estimate of drug-likeness (QED) is 0.0562. The fraction of sp³-hybridized carbons (Fsp3) is 0.414. The number of guanidine groups is 4. The van der Waals surface area contributed by atoms with Crippen LogP contribution in [0.1, 0.15) is 162 Å². The lowest BCUT2D eigenvalue weighted by Crippen LogP contribution is -2.50. The Morgan fingerprint density at radius 2 is 0.891 bits per heavy atom. The van der Waals surface area contributed by atoms with Crippen LogP contribution in [0.15, 0.2) is 144 Å². The molecule has 2 fully saturated rings. The van der Waals surface area contributed by atoms with Gasteiger partial charge in [0.25, 0.3) is 29.6 Å². The van der Waals surface area contributed by atoms with Crippen molar-refractivity contribution >= 4 is 132 Å². The van der Waals surface area contributed by atoms with E-state index in [1.165, 1.54) is 38.0 Å². The molecule has 2 saturated heterocycles. The second-order valence-corrected chi connectivity index (χ2v) is 37.4. The monoisotopic (exact) mass is 2020 g/mol. The van der Waals surface area contributed by atoms with Crippen LogP contribution in [0, 0.1) is 11.3 Å².